The second kappa shape index (κ2) is 6.60. The van der Waals surface area contributed by atoms with Crippen LogP contribution in [0.5, 0.6) is 0 Å². The molecule has 0 spiro atoms. The van der Waals surface area contributed by atoms with Crippen LogP contribution in [-0.4, -0.2) is 4.98 Å². The fourth-order valence-electron chi connectivity index (χ4n) is 1.91. The molecule has 0 aliphatic heterocycles. The number of hydrogen-bond acceptors (Lipinski definition) is 2. The molecule has 0 aliphatic rings. The number of oxazole rings is 1. The molecule has 3 heteroatoms. The van der Waals surface area contributed by atoms with Crippen LogP contribution in [0.25, 0.3) is 11.5 Å². The van der Waals surface area contributed by atoms with Gasteiger partial charge in [0.25, 0.3) is 0 Å². The zero-order valence-corrected chi connectivity index (χ0v) is 11.4. The molecule has 0 radical (unpaired) electrons. The molecule has 2 rings (SSSR count). The van der Waals surface area contributed by atoms with E-state index in [0.717, 1.165) is 17.7 Å². The molecular weight excluding hydrogens is 246 g/mol. The number of rotatable bonds is 6. The van der Waals surface area contributed by atoms with Gasteiger partial charge in [-0.05, 0) is 31.0 Å². The van der Waals surface area contributed by atoms with Crippen molar-refractivity contribution in [2.24, 2.45) is 0 Å². The summed E-state index contributed by atoms with van der Waals surface area (Å²) in [5.41, 5.74) is 1.96. The monoisotopic (exact) mass is 263 g/mol. The number of unbranched alkanes of at least 4 members (excludes halogenated alkanes) is 3. The Morgan fingerprint density at radius 3 is 2.89 bits per heavy atom. The van der Waals surface area contributed by atoms with Gasteiger partial charge in [0.15, 0.2) is 0 Å². The first kappa shape index (κ1) is 13.2. The number of benzene rings is 1. The average Bonchev–Trinajstić information content (AvgIpc) is 2.83. The van der Waals surface area contributed by atoms with Crippen LogP contribution in [0, 0.1) is 0 Å². The van der Waals surface area contributed by atoms with Crippen LogP contribution in [-0.2, 0) is 6.42 Å². The minimum atomic E-state index is 0.656. The van der Waals surface area contributed by atoms with E-state index in [9.17, 15) is 0 Å². The summed E-state index contributed by atoms with van der Waals surface area (Å²) in [5.74, 6) is 0.656. The molecule has 1 heterocycles. The first-order valence-corrected chi connectivity index (χ1v) is 6.87. The lowest BCUT2D eigenvalue weighted by atomic mass is 10.1. The number of halogens is 1. The van der Waals surface area contributed by atoms with Gasteiger partial charge in [-0.25, -0.2) is 4.98 Å². The zero-order chi connectivity index (χ0) is 12.8. The lowest BCUT2D eigenvalue weighted by molar-refractivity contribution is 0.571. The van der Waals surface area contributed by atoms with E-state index in [1.165, 1.54) is 25.7 Å². The largest absolute Gasteiger partial charge is 0.444 e. The van der Waals surface area contributed by atoms with Crippen LogP contribution in [0.2, 0.25) is 5.02 Å². The number of hydrogen-bond donors (Lipinski definition) is 0. The van der Waals surface area contributed by atoms with Gasteiger partial charge in [0, 0.05) is 10.6 Å². The summed E-state index contributed by atoms with van der Waals surface area (Å²) in [7, 11) is 0. The minimum Gasteiger partial charge on any atom is -0.444 e. The Morgan fingerprint density at radius 2 is 2.11 bits per heavy atom. The maximum Gasteiger partial charge on any atom is 0.226 e. The van der Waals surface area contributed by atoms with Crippen molar-refractivity contribution in [3.8, 4) is 11.5 Å². The van der Waals surface area contributed by atoms with Crippen LogP contribution in [0.15, 0.2) is 34.9 Å². The summed E-state index contributed by atoms with van der Waals surface area (Å²) in [6.45, 7) is 2.22. The van der Waals surface area contributed by atoms with Crippen LogP contribution in [0.1, 0.15) is 38.3 Å². The smallest absolute Gasteiger partial charge is 0.226 e. The highest BCUT2D eigenvalue weighted by molar-refractivity contribution is 6.30. The van der Waals surface area contributed by atoms with Crippen molar-refractivity contribution >= 4 is 11.6 Å². The summed E-state index contributed by atoms with van der Waals surface area (Å²) in [6, 6.07) is 7.58. The lowest BCUT2D eigenvalue weighted by Gasteiger charge is -1.96. The van der Waals surface area contributed by atoms with E-state index in [0.29, 0.717) is 10.9 Å². The van der Waals surface area contributed by atoms with E-state index in [1.54, 1.807) is 6.26 Å². The van der Waals surface area contributed by atoms with Gasteiger partial charge in [0.05, 0.1) is 5.69 Å². The summed E-state index contributed by atoms with van der Waals surface area (Å²) in [4.78, 5) is 4.49. The van der Waals surface area contributed by atoms with Gasteiger partial charge in [-0.1, -0.05) is 43.9 Å². The second-order valence-corrected chi connectivity index (χ2v) is 4.90. The van der Waals surface area contributed by atoms with Gasteiger partial charge < -0.3 is 4.42 Å². The predicted octanol–water partition coefficient (Wildman–Crippen LogP) is 5.12. The Hall–Kier alpha value is -1.28. The SMILES string of the molecule is CCCCCCc1coc(-c2cccc(Cl)c2)n1. The third kappa shape index (κ3) is 3.61. The topological polar surface area (TPSA) is 26.0 Å². The number of aromatic nitrogens is 1. The van der Waals surface area contributed by atoms with Gasteiger partial charge in [0.2, 0.25) is 5.89 Å². The zero-order valence-electron chi connectivity index (χ0n) is 10.7. The molecular formula is C15H18ClNO. The molecule has 0 amide bonds. The molecule has 2 nitrogen and oxygen atoms in total. The van der Waals surface area contributed by atoms with Crippen molar-refractivity contribution in [3.63, 3.8) is 0 Å². The normalized spacial score (nSPS) is 10.8. The Morgan fingerprint density at radius 1 is 1.22 bits per heavy atom. The highest BCUT2D eigenvalue weighted by Crippen LogP contribution is 2.22. The van der Waals surface area contributed by atoms with Crippen molar-refractivity contribution in [2.45, 2.75) is 39.0 Å². The summed E-state index contributed by atoms with van der Waals surface area (Å²) < 4.78 is 5.49. The minimum absolute atomic E-state index is 0.656. The quantitative estimate of drug-likeness (QED) is 0.676. The first-order chi connectivity index (χ1) is 8.79. The molecule has 0 saturated carbocycles. The molecule has 0 atom stereocenters. The summed E-state index contributed by atoms with van der Waals surface area (Å²) >= 11 is 5.95. The Labute approximate surface area is 113 Å². The maximum absolute atomic E-state index is 5.95. The molecule has 1 aromatic carbocycles. The highest BCUT2D eigenvalue weighted by atomic mass is 35.5. The molecule has 0 fully saturated rings. The molecule has 2 aromatic rings. The van der Waals surface area contributed by atoms with Crippen molar-refractivity contribution in [1.82, 2.24) is 4.98 Å². The van der Waals surface area contributed by atoms with Crippen molar-refractivity contribution < 1.29 is 4.42 Å². The molecule has 18 heavy (non-hydrogen) atoms. The van der Waals surface area contributed by atoms with E-state index < -0.39 is 0 Å². The molecule has 1 aromatic heterocycles. The van der Waals surface area contributed by atoms with E-state index in [4.69, 9.17) is 16.0 Å². The average molecular weight is 264 g/mol. The van der Waals surface area contributed by atoms with Gasteiger partial charge in [0.1, 0.15) is 6.26 Å². The first-order valence-electron chi connectivity index (χ1n) is 6.50. The standard InChI is InChI=1S/C15H18ClNO/c1-2-3-4-5-9-14-11-18-15(17-14)12-7-6-8-13(16)10-12/h6-8,10-11H,2-5,9H2,1H3. The van der Waals surface area contributed by atoms with Crippen LogP contribution in [0.4, 0.5) is 0 Å². The van der Waals surface area contributed by atoms with Crippen LogP contribution < -0.4 is 0 Å². The van der Waals surface area contributed by atoms with Gasteiger partial charge in [-0.3, -0.25) is 0 Å². The molecule has 0 saturated heterocycles. The Bertz CT molecular complexity index is 493. The molecule has 0 N–H and O–H groups in total. The van der Waals surface area contributed by atoms with E-state index >= 15 is 0 Å². The predicted molar refractivity (Wildman–Crippen MR) is 74.8 cm³/mol. The lowest BCUT2D eigenvalue weighted by Crippen LogP contribution is -1.86. The maximum atomic E-state index is 5.95. The summed E-state index contributed by atoms with van der Waals surface area (Å²) in [6.07, 6.45) is 7.73. The van der Waals surface area contributed by atoms with E-state index in [1.807, 2.05) is 24.3 Å². The van der Waals surface area contributed by atoms with Crippen molar-refractivity contribution in [1.29, 1.82) is 0 Å². The van der Waals surface area contributed by atoms with Crippen LogP contribution >= 0.6 is 11.6 Å². The molecule has 96 valence electrons. The van der Waals surface area contributed by atoms with Crippen molar-refractivity contribution in [3.05, 3.63) is 41.2 Å². The fraction of sp³-hybridized carbons (Fsp3) is 0.400. The van der Waals surface area contributed by atoms with E-state index in [-0.39, 0.29) is 0 Å². The van der Waals surface area contributed by atoms with Gasteiger partial charge in [-0.15, -0.1) is 0 Å². The second-order valence-electron chi connectivity index (χ2n) is 4.47. The third-order valence-corrected chi connectivity index (χ3v) is 3.14. The molecule has 0 unspecified atom stereocenters. The molecule has 0 bridgehead atoms. The van der Waals surface area contributed by atoms with Gasteiger partial charge >= 0.3 is 0 Å². The molecule has 0 aliphatic carbocycles. The van der Waals surface area contributed by atoms with Crippen molar-refractivity contribution in [2.75, 3.05) is 0 Å². The Kier molecular flexibility index (Phi) is 4.82. The van der Waals surface area contributed by atoms with Crippen LogP contribution in [0.3, 0.4) is 0 Å². The third-order valence-electron chi connectivity index (χ3n) is 2.91. The fourth-order valence-corrected chi connectivity index (χ4v) is 2.10. The Balaban J connectivity index is 1.97. The highest BCUT2D eigenvalue weighted by Gasteiger charge is 2.06. The van der Waals surface area contributed by atoms with E-state index in [2.05, 4.69) is 11.9 Å². The summed E-state index contributed by atoms with van der Waals surface area (Å²) in [5, 5.41) is 0.704. The number of aryl methyl sites for hydroxylation is 1. The van der Waals surface area contributed by atoms with Gasteiger partial charge in [-0.2, -0.15) is 0 Å². The number of nitrogens with zero attached hydrogens (tertiary/aromatic N) is 1.